The lowest BCUT2D eigenvalue weighted by atomic mass is 9.49. The van der Waals surface area contributed by atoms with Gasteiger partial charge in [0.05, 0.1) is 23.5 Å². The first-order valence-electron chi connectivity index (χ1n) is 28.1. The van der Waals surface area contributed by atoms with E-state index in [2.05, 4.69) is 49.4 Å². The van der Waals surface area contributed by atoms with E-state index in [9.17, 15) is 19.4 Å². The van der Waals surface area contributed by atoms with Crippen LogP contribution in [-0.2, 0) is 15.4 Å². The molecule has 3 saturated heterocycles. The van der Waals surface area contributed by atoms with Gasteiger partial charge in [0.15, 0.2) is 11.6 Å². The summed E-state index contributed by atoms with van der Waals surface area (Å²) in [6.45, 7) is 13.8. The number of benzene rings is 3. The highest BCUT2D eigenvalue weighted by Gasteiger charge is 2.56. The van der Waals surface area contributed by atoms with Crippen LogP contribution in [0.5, 0.6) is 5.75 Å². The van der Waals surface area contributed by atoms with E-state index in [1.54, 1.807) is 35.2 Å². The molecule has 79 heavy (non-hydrogen) atoms. The minimum Gasteiger partial charge on any atom is -0.507 e. The Morgan fingerprint density at radius 1 is 0.937 bits per heavy atom. The van der Waals surface area contributed by atoms with Gasteiger partial charge in [0.25, 0.3) is 0 Å². The quantitative estimate of drug-likeness (QED) is 0.0849. The lowest BCUT2D eigenvalue weighted by Crippen LogP contribution is -2.58. The van der Waals surface area contributed by atoms with Crippen LogP contribution in [0.3, 0.4) is 0 Å². The van der Waals surface area contributed by atoms with E-state index in [1.165, 1.54) is 11.6 Å². The Bertz CT molecular complexity index is 3230. The molecule has 0 radical (unpaired) electrons. The molecule has 19 heteroatoms. The number of halogens is 2. The van der Waals surface area contributed by atoms with Crippen LogP contribution in [0.1, 0.15) is 126 Å². The van der Waals surface area contributed by atoms with Crippen molar-refractivity contribution in [2.45, 2.75) is 140 Å². The molecule has 6 atom stereocenters. The molecule has 1 amide bonds. The molecule has 7 heterocycles. The average molecular weight is 1090 g/mol. The number of amidine groups is 1. The van der Waals surface area contributed by atoms with Gasteiger partial charge < -0.3 is 40.1 Å². The maximum atomic E-state index is 14.7. The number of para-hydroxylation sites is 1. The number of hydroxylamine groups is 1. The van der Waals surface area contributed by atoms with Gasteiger partial charge in [0.2, 0.25) is 17.6 Å². The molecule has 2 aliphatic carbocycles. The van der Waals surface area contributed by atoms with Crippen LogP contribution in [0.15, 0.2) is 101 Å². The number of carbonyl (C=O) groups is 1. The fraction of sp³-hybridized carbons (Fsp3) is 0.483. The number of aromatic nitrogens is 5. The number of phenolic OH excluding ortho intramolecular Hbond substituents is 1. The number of carbonyl (C=O) groups excluding carboxylic acids is 1. The molecule has 0 bridgehead atoms. The van der Waals surface area contributed by atoms with Crippen molar-refractivity contribution < 1.29 is 28.8 Å². The molecule has 2 unspecified atom stereocenters. The van der Waals surface area contributed by atoms with Gasteiger partial charge in [0.1, 0.15) is 34.0 Å². The zero-order valence-corrected chi connectivity index (χ0v) is 46.2. The van der Waals surface area contributed by atoms with Gasteiger partial charge in [-0.25, -0.2) is 29.7 Å². The van der Waals surface area contributed by atoms with Gasteiger partial charge in [-0.1, -0.05) is 92.1 Å². The minimum atomic E-state index is -1.12. The summed E-state index contributed by atoms with van der Waals surface area (Å²) >= 11 is 7.18. The molecule has 4 aliphatic heterocycles. The monoisotopic (exact) mass is 1090 g/mol. The van der Waals surface area contributed by atoms with Crippen LogP contribution in [0.4, 0.5) is 21.8 Å². The second kappa shape index (κ2) is 21.1. The molecule has 5 fully saturated rings. The summed E-state index contributed by atoms with van der Waals surface area (Å²) in [6, 6.07) is 23.3. The van der Waals surface area contributed by atoms with Crippen molar-refractivity contribution in [2.24, 2.45) is 16.3 Å². The molecule has 6 aliphatic rings. The molecule has 6 aromatic rings. The van der Waals surface area contributed by atoms with Gasteiger partial charge in [-0.05, 0) is 125 Å². The van der Waals surface area contributed by atoms with Crippen LogP contribution >= 0.6 is 11.6 Å². The second-order valence-corrected chi connectivity index (χ2v) is 24.0. The Balaban J connectivity index is 0.632. The third kappa shape index (κ3) is 9.86. The summed E-state index contributed by atoms with van der Waals surface area (Å²) in [7, 11) is 0. The number of anilines is 3. The number of β-amino-alcohol motifs (C(OH)–C–C–N with tert-alkyl or cyclic N) is 1. The number of piperidine rings is 1. The summed E-state index contributed by atoms with van der Waals surface area (Å²) in [6.07, 6.45) is 11.0. The van der Waals surface area contributed by atoms with E-state index in [0.29, 0.717) is 57.8 Å². The Hall–Kier alpha value is -6.73. The number of nitrogens with two attached hydrogens (primary N) is 1. The first kappa shape index (κ1) is 52.9. The number of hydrogen-bond donors (Lipinski definition) is 4. The Morgan fingerprint density at radius 3 is 2.34 bits per heavy atom. The van der Waals surface area contributed by atoms with E-state index in [0.717, 1.165) is 93.0 Å². The van der Waals surface area contributed by atoms with E-state index in [-0.39, 0.29) is 59.8 Å². The number of piperazine rings is 1. The largest absolute Gasteiger partial charge is 0.507 e. The van der Waals surface area contributed by atoms with Crippen LogP contribution in [0.25, 0.3) is 22.4 Å². The number of nitrogens with one attached hydrogen (secondary N) is 1. The maximum Gasteiger partial charge on any atom is 0.234 e. The van der Waals surface area contributed by atoms with Crippen molar-refractivity contribution in [2.75, 3.05) is 48.3 Å². The van der Waals surface area contributed by atoms with Crippen LogP contribution in [-0.4, -0.2) is 120 Å². The fourth-order valence-corrected chi connectivity index (χ4v) is 14.2. The Kier molecular flexibility index (Phi) is 14.1. The second-order valence-electron chi connectivity index (χ2n) is 23.6. The number of aromatic hydroxyl groups is 1. The topological polar surface area (TPSA) is 208 Å². The van der Waals surface area contributed by atoms with Gasteiger partial charge in [-0.2, -0.15) is 0 Å². The smallest absolute Gasteiger partial charge is 0.234 e. The Labute approximate surface area is 465 Å². The van der Waals surface area contributed by atoms with Crippen molar-refractivity contribution in [3.63, 3.8) is 0 Å². The van der Waals surface area contributed by atoms with Crippen LogP contribution in [0.2, 0.25) is 5.02 Å². The predicted octanol–water partition coefficient (Wildman–Crippen LogP) is 9.58. The molecule has 3 aromatic heterocycles. The Morgan fingerprint density at radius 2 is 1.65 bits per heavy atom. The van der Waals surface area contributed by atoms with Gasteiger partial charge in [0, 0.05) is 79.2 Å². The number of phenols is 1. The third-order valence-corrected chi connectivity index (χ3v) is 18.5. The van der Waals surface area contributed by atoms with Crippen molar-refractivity contribution >= 4 is 40.8 Å². The molecule has 12 rings (SSSR count). The van der Waals surface area contributed by atoms with E-state index >= 15 is 0 Å². The first-order valence-corrected chi connectivity index (χ1v) is 28.5. The van der Waals surface area contributed by atoms with Crippen molar-refractivity contribution in [1.82, 2.24) is 40.6 Å². The molecule has 5 N–H and O–H groups in total. The highest BCUT2D eigenvalue weighted by Crippen LogP contribution is 2.64. The number of aliphatic hydroxyl groups is 1. The van der Waals surface area contributed by atoms with Crippen LogP contribution in [0, 0.1) is 17.2 Å². The highest BCUT2D eigenvalue weighted by atomic mass is 35.5. The predicted molar refractivity (Wildman–Crippen MR) is 301 cm³/mol. The number of likely N-dealkylation sites (tertiary alicyclic amines) is 2. The van der Waals surface area contributed by atoms with Gasteiger partial charge >= 0.3 is 0 Å². The van der Waals surface area contributed by atoms with Crippen molar-refractivity contribution in [3.05, 3.63) is 125 Å². The third-order valence-electron chi connectivity index (χ3n) is 18.1. The van der Waals surface area contributed by atoms with E-state index in [1.807, 2.05) is 75.6 Å². The number of hydrogen-bond acceptors (Lipinski definition) is 16. The zero-order chi connectivity index (χ0) is 54.9. The van der Waals surface area contributed by atoms with Crippen molar-refractivity contribution in [3.8, 4) is 28.1 Å². The highest BCUT2D eigenvalue weighted by molar-refractivity contribution is 6.32. The number of nitrogens with zero attached hydrogens (tertiary/aromatic N) is 10. The lowest BCUT2D eigenvalue weighted by Gasteiger charge is -2.60. The number of aliphatic imine (C=N–C) groups is 1. The van der Waals surface area contributed by atoms with E-state index in [4.69, 9.17) is 41.7 Å². The number of rotatable bonds is 13. The summed E-state index contributed by atoms with van der Waals surface area (Å²) in [5.41, 5.74) is 14.5. The molecular weight excluding hydrogens is 1020 g/mol. The molecule has 17 nitrogen and oxygen atoms in total. The fourth-order valence-electron chi connectivity index (χ4n) is 13.8. The summed E-state index contributed by atoms with van der Waals surface area (Å²) in [4.78, 5) is 44.7. The van der Waals surface area contributed by atoms with E-state index < -0.39 is 23.8 Å². The molecular formula is C60H70ClFN12O5. The summed E-state index contributed by atoms with van der Waals surface area (Å²) in [5, 5.41) is 35.0. The molecule has 3 aromatic carbocycles. The average Bonchev–Trinajstić information content (AvgIpc) is 4.26. The molecule has 414 valence electrons. The first-order chi connectivity index (χ1) is 38.1. The normalized spacial score (nSPS) is 27.7. The zero-order valence-electron chi connectivity index (χ0n) is 45.5. The lowest BCUT2D eigenvalue weighted by molar-refractivity contribution is -0.134. The number of amides is 1. The SMILES string of the molecule is CCC1CN(c2cc(-c3ccccc3O)nnc2N)CC(C)N1c1ncc(C2CCN(C3CC4(CC(c5noc([C@H](C(=O)N6C[C@H](O)C[C@H]6C6=N[C@@](C)(c7ccc(-c8ccccc8F)cc7)ON6)C(C)C)c5Cl)C4)C3)CC2)cn1. The molecule has 2 saturated carbocycles. The van der Waals surface area contributed by atoms with Gasteiger partial charge in [-0.15, -0.1) is 10.2 Å². The molecule has 1 spiro atoms. The summed E-state index contributed by atoms with van der Waals surface area (Å²) < 4.78 is 20.6. The maximum absolute atomic E-state index is 14.7. The van der Waals surface area contributed by atoms with Crippen LogP contribution < -0.4 is 21.0 Å². The minimum absolute atomic E-state index is 0.106. The standard InChI is InChI=1S/C60H70ClFN12O5/c1-6-41-32-72(48-24-47(67-68-55(48)63)45-12-8-10-14-50(45)76)31-35(4)74(41)58-64-29-39(30-65-58)36-19-21-71(22-20-36)42-27-60(28-42)25-38(26-60)53-52(61)54(78-69-53)51(34(2)3)57(77)73-33-43(75)23-49(73)56-66-59(5,79-70-56)40-17-15-37(16-18-40)44-11-7-9-13-46(44)62/h7-18,24,29-30,34-36,38,41-43,49,51,75-76H,6,19-23,25-28,31-33H2,1-5H3,(H2,63,68)(H,66,70)/t35?,38?,41?,42?,43-,49+,51-,59-,60?/m1/s1. The number of nitrogen functional groups attached to an aromatic ring is 1. The van der Waals surface area contributed by atoms with Gasteiger partial charge in [-0.3, -0.25) is 4.79 Å². The van der Waals surface area contributed by atoms with Crippen molar-refractivity contribution in [1.29, 1.82) is 0 Å². The number of aliphatic hydroxyl groups excluding tert-OH is 1. The summed E-state index contributed by atoms with van der Waals surface area (Å²) in [5.74, 6) is 1.24.